The van der Waals surface area contributed by atoms with E-state index >= 15 is 0 Å². The molecule has 0 aliphatic heterocycles. The van der Waals surface area contributed by atoms with E-state index in [4.69, 9.17) is 10.5 Å². The van der Waals surface area contributed by atoms with Crippen molar-refractivity contribution in [2.24, 2.45) is 0 Å². The standard InChI is InChI=1S/C12H18N4OS/c1-3-8-7-9-10(14-5-4-6-17-2)15-12(13)16-11(9)18-8/h7H,3-6H2,1-2H3,(H3,13,14,15,16). The van der Waals surface area contributed by atoms with Crippen molar-refractivity contribution in [3.8, 4) is 0 Å². The lowest BCUT2D eigenvalue weighted by Crippen LogP contribution is -2.07. The Balaban J connectivity index is 2.21. The first-order valence-corrected chi connectivity index (χ1v) is 6.85. The van der Waals surface area contributed by atoms with E-state index in [9.17, 15) is 0 Å². The topological polar surface area (TPSA) is 73.1 Å². The maximum atomic E-state index is 5.73. The zero-order valence-corrected chi connectivity index (χ0v) is 11.5. The van der Waals surface area contributed by atoms with Crippen LogP contribution < -0.4 is 11.1 Å². The number of nitrogens with zero attached hydrogens (tertiary/aromatic N) is 2. The monoisotopic (exact) mass is 266 g/mol. The number of hydrogen-bond acceptors (Lipinski definition) is 6. The normalized spacial score (nSPS) is 11.0. The smallest absolute Gasteiger partial charge is 0.223 e. The molecule has 6 heteroatoms. The van der Waals surface area contributed by atoms with Gasteiger partial charge in [-0.05, 0) is 18.9 Å². The average Bonchev–Trinajstić information content (AvgIpc) is 2.77. The number of thiophene rings is 1. The van der Waals surface area contributed by atoms with E-state index in [1.165, 1.54) is 4.88 Å². The Kier molecular flexibility index (Phi) is 4.33. The van der Waals surface area contributed by atoms with Gasteiger partial charge in [0, 0.05) is 25.1 Å². The summed E-state index contributed by atoms with van der Waals surface area (Å²) in [6.07, 6.45) is 1.94. The first-order chi connectivity index (χ1) is 8.74. The highest BCUT2D eigenvalue weighted by Crippen LogP contribution is 2.29. The summed E-state index contributed by atoms with van der Waals surface area (Å²) >= 11 is 1.67. The molecule has 2 aromatic heterocycles. The number of ether oxygens (including phenoxy) is 1. The quantitative estimate of drug-likeness (QED) is 0.785. The third-order valence-electron chi connectivity index (χ3n) is 2.63. The number of nitrogen functional groups attached to an aromatic ring is 1. The van der Waals surface area contributed by atoms with Gasteiger partial charge in [0.05, 0.1) is 5.39 Å². The van der Waals surface area contributed by atoms with Crippen molar-refractivity contribution in [1.82, 2.24) is 9.97 Å². The van der Waals surface area contributed by atoms with Crippen molar-refractivity contribution in [2.75, 3.05) is 31.3 Å². The second-order valence-electron chi connectivity index (χ2n) is 3.99. The summed E-state index contributed by atoms with van der Waals surface area (Å²) in [6.45, 7) is 3.68. The van der Waals surface area contributed by atoms with Crippen molar-refractivity contribution in [2.45, 2.75) is 19.8 Å². The van der Waals surface area contributed by atoms with Crippen LogP contribution in [-0.4, -0.2) is 30.2 Å². The molecule has 0 aromatic carbocycles. The van der Waals surface area contributed by atoms with Crippen LogP contribution >= 0.6 is 11.3 Å². The number of nitrogens with one attached hydrogen (secondary N) is 1. The van der Waals surface area contributed by atoms with Crippen LogP contribution in [-0.2, 0) is 11.2 Å². The first kappa shape index (κ1) is 13.0. The van der Waals surface area contributed by atoms with Gasteiger partial charge in [-0.15, -0.1) is 11.3 Å². The van der Waals surface area contributed by atoms with E-state index in [1.807, 2.05) is 0 Å². The maximum Gasteiger partial charge on any atom is 0.223 e. The van der Waals surface area contributed by atoms with Crippen molar-refractivity contribution in [1.29, 1.82) is 0 Å². The average molecular weight is 266 g/mol. The molecule has 0 spiro atoms. The van der Waals surface area contributed by atoms with Crippen LogP contribution in [0.5, 0.6) is 0 Å². The lowest BCUT2D eigenvalue weighted by Gasteiger charge is -2.06. The maximum absolute atomic E-state index is 5.73. The molecule has 3 N–H and O–H groups in total. The van der Waals surface area contributed by atoms with Crippen molar-refractivity contribution >= 4 is 33.3 Å². The highest BCUT2D eigenvalue weighted by Gasteiger charge is 2.09. The van der Waals surface area contributed by atoms with Crippen LogP contribution in [0.3, 0.4) is 0 Å². The van der Waals surface area contributed by atoms with Crippen LogP contribution in [0.25, 0.3) is 10.2 Å². The molecule has 0 amide bonds. The third kappa shape index (κ3) is 2.88. The van der Waals surface area contributed by atoms with Gasteiger partial charge in [0.25, 0.3) is 0 Å². The molecule has 98 valence electrons. The molecular weight excluding hydrogens is 248 g/mol. The molecule has 0 atom stereocenters. The molecular formula is C12H18N4OS. The SMILES string of the molecule is CCc1cc2c(NCCCOC)nc(N)nc2s1. The molecule has 0 unspecified atom stereocenters. The fourth-order valence-electron chi connectivity index (χ4n) is 1.72. The molecule has 0 radical (unpaired) electrons. The summed E-state index contributed by atoms with van der Waals surface area (Å²) < 4.78 is 5.02. The summed E-state index contributed by atoms with van der Waals surface area (Å²) in [7, 11) is 1.70. The number of nitrogens with two attached hydrogens (primary N) is 1. The fraction of sp³-hybridized carbons (Fsp3) is 0.500. The zero-order valence-electron chi connectivity index (χ0n) is 10.7. The Morgan fingerprint density at radius 3 is 3.00 bits per heavy atom. The highest BCUT2D eigenvalue weighted by atomic mass is 32.1. The number of fused-ring (bicyclic) bond motifs is 1. The Labute approximate surface area is 110 Å². The summed E-state index contributed by atoms with van der Waals surface area (Å²) in [4.78, 5) is 10.8. The highest BCUT2D eigenvalue weighted by molar-refractivity contribution is 7.18. The number of hydrogen-bond donors (Lipinski definition) is 2. The number of aromatic nitrogens is 2. The Hall–Kier alpha value is -1.40. The predicted molar refractivity (Wildman–Crippen MR) is 76.2 cm³/mol. The summed E-state index contributed by atoms with van der Waals surface area (Å²) in [5, 5.41) is 4.36. The molecule has 0 aliphatic carbocycles. The molecule has 2 aromatic rings. The van der Waals surface area contributed by atoms with Gasteiger partial charge in [-0.1, -0.05) is 6.92 Å². The molecule has 2 rings (SSSR count). The van der Waals surface area contributed by atoms with Crippen molar-refractivity contribution < 1.29 is 4.74 Å². The number of rotatable bonds is 6. The third-order valence-corrected chi connectivity index (χ3v) is 3.80. The van der Waals surface area contributed by atoms with Gasteiger partial charge in [0.1, 0.15) is 10.6 Å². The second kappa shape index (κ2) is 5.97. The minimum atomic E-state index is 0.321. The second-order valence-corrected chi connectivity index (χ2v) is 5.10. The van der Waals surface area contributed by atoms with Crippen molar-refractivity contribution in [3.63, 3.8) is 0 Å². The van der Waals surface area contributed by atoms with Gasteiger partial charge in [-0.2, -0.15) is 4.98 Å². The van der Waals surface area contributed by atoms with Gasteiger partial charge in [-0.3, -0.25) is 0 Å². The van der Waals surface area contributed by atoms with Gasteiger partial charge >= 0.3 is 0 Å². The Morgan fingerprint density at radius 1 is 1.44 bits per heavy atom. The summed E-state index contributed by atoms with van der Waals surface area (Å²) in [5.41, 5.74) is 5.73. The number of aryl methyl sites for hydroxylation is 1. The summed E-state index contributed by atoms with van der Waals surface area (Å²) in [6, 6.07) is 2.14. The van der Waals surface area contributed by atoms with Gasteiger partial charge < -0.3 is 15.8 Å². The fourth-order valence-corrected chi connectivity index (χ4v) is 2.69. The number of methoxy groups -OCH3 is 1. The van der Waals surface area contributed by atoms with Crippen LogP contribution in [0.15, 0.2) is 6.07 Å². The summed E-state index contributed by atoms with van der Waals surface area (Å²) in [5.74, 6) is 1.14. The molecule has 0 fully saturated rings. The van der Waals surface area contributed by atoms with E-state index in [0.29, 0.717) is 5.95 Å². The van der Waals surface area contributed by atoms with Crippen LogP contribution in [0, 0.1) is 0 Å². The largest absolute Gasteiger partial charge is 0.385 e. The van der Waals surface area contributed by atoms with E-state index in [1.54, 1.807) is 18.4 Å². The molecule has 2 heterocycles. The van der Waals surface area contributed by atoms with E-state index in [-0.39, 0.29) is 0 Å². The Bertz CT molecular complexity index is 526. The molecule has 5 nitrogen and oxygen atoms in total. The molecule has 18 heavy (non-hydrogen) atoms. The molecule has 0 saturated carbocycles. The van der Waals surface area contributed by atoms with Gasteiger partial charge in [0.2, 0.25) is 5.95 Å². The van der Waals surface area contributed by atoms with Crippen LogP contribution in [0.4, 0.5) is 11.8 Å². The minimum Gasteiger partial charge on any atom is -0.385 e. The van der Waals surface area contributed by atoms with Gasteiger partial charge in [0.15, 0.2) is 0 Å². The molecule has 0 saturated heterocycles. The van der Waals surface area contributed by atoms with Crippen LogP contribution in [0.1, 0.15) is 18.2 Å². The van der Waals surface area contributed by atoms with E-state index < -0.39 is 0 Å². The van der Waals surface area contributed by atoms with Crippen LogP contribution in [0.2, 0.25) is 0 Å². The van der Waals surface area contributed by atoms with Crippen molar-refractivity contribution in [3.05, 3.63) is 10.9 Å². The lowest BCUT2D eigenvalue weighted by molar-refractivity contribution is 0.198. The molecule has 0 bridgehead atoms. The van der Waals surface area contributed by atoms with E-state index in [0.717, 1.165) is 42.0 Å². The van der Waals surface area contributed by atoms with E-state index in [2.05, 4.69) is 28.3 Å². The minimum absolute atomic E-state index is 0.321. The predicted octanol–water partition coefficient (Wildman–Crippen LogP) is 2.28. The van der Waals surface area contributed by atoms with Gasteiger partial charge in [-0.25, -0.2) is 4.98 Å². The molecule has 0 aliphatic rings. The lowest BCUT2D eigenvalue weighted by atomic mass is 10.3. The Morgan fingerprint density at radius 2 is 2.28 bits per heavy atom. The number of anilines is 2. The zero-order chi connectivity index (χ0) is 13.0. The first-order valence-electron chi connectivity index (χ1n) is 6.03.